The molecule has 2 aromatic rings. The molecule has 2 atom stereocenters. The van der Waals surface area contributed by atoms with Crippen molar-refractivity contribution in [1.82, 2.24) is 10.2 Å². The highest BCUT2D eigenvalue weighted by Crippen LogP contribution is 2.46. The van der Waals surface area contributed by atoms with Gasteiger partial charge in [-0.15, -0.1) is 19.4 Å². The molecule has 5 rings (SSSR count). The van der Waals surface area contributed by atoms with E-state index in [0.717, 1.165) is 43.5 Å². The van der Waals surface area contributed by atoms with E-state index in [0.29, 0.717) is 16.9 Å². The van der Waals surface area contributed by atoms with E-state index in [9.17, 15) is 0 Å². The normalized spacial score (nSPS) is 16.9. The van der Waals surface area contributed by atoms with Gasteiger partial charge in [0.15, 0.2) is 0 Å². The first-order valence-electron chi connectivity index (χ1n) is 18.7. The Morgan fingerprint density at radius 1 is 0.878 bits per heavy atom. The minimum atomic E-state index is 0.345. The van der Waals surface area contributed by atoms with Crippen LogP contribution >= 0.6 is 9.47 Å². The molecule has 49 heavy (non-hydrogen) atoms. The average molecular weight is 689 g/mol. The molecule has 1 aliphatic heterocycles. The largest absolute Gasteiger partial charge is 0.380 e. The SMILES string of the molecule is C#Cc1ccc2c(c1)C(N1CCCC1=C)CC(C)(C)C2.C#Cc1ccc2c(c1)CCC(C)(C)C2.C=CCCCNC.CC.CC.CC.OP. The number of likely N-dealkylation sites (tertiary alicyclic amines) is 1. The molecule has 0 spiro atoms. The Hall–Kier alpha value is -2.81. The fourth-order valence-electron chi connectivity index (χ4n) is 6.41. The maximum Gasteiger partial charge on any atom is 0.0547 e. The van der Waals surface area contributed by atoms with E-state index in [1.165, 1.54) is 75.9 Å². The molecular formula is C45H73N2OP. The molecule has 1 fully saturated rings. The van der Waals surface area contributed by atoms with Crippen LogP contribution in [0.15, 0.2) is 61.3 Å². The molecule has 0 saturated carbocycles. The zero-order chi connectivity index (χ0) is 38.0. The van der Waals surface area contributed by atoms with E-state index < -0.39 is 0 Å². The van der Waals surface area contributed by atoms with E-state index in [2.05, 4.69) is 99.3 Å². The third-order valence-electron chi connectivity index (χ3n) is 8.68. The van der Waals surface area contributed by atoms with Gasteiger partial charge >= 0.3 is 0 Å². The van der Waals surface area contributed by atoms with Gasteiger partial charge in [-0.25, -0.2) is 0 Å². The lowest BCUT2D eigenvalue weighted by Gasteiger charge is -2.42. The molecule has 4 heteroatoms. The minimum absolute atomic E-state index is 0.345. The summed E-state index contributed by atoms with van der Waals surface area (Å²) in [6.07, 6.45) is 23.6. The van der Waals surface area contributed by atoms with Gasteiger partial charge in [-0.1, -0.05) is 106 Å². The summed E-state index contributed by atoms with van der Waals surface area (Å²) in [6, 6.07) is 13.4. The molecule has 2 N–H and O–H groups in total. The second-order valence-corrected chi connectivity index (χ2v) is 13.5. The molecule has 2 aromatic carbocycles. The molecule has 0 radical (unpaired) electrons. The molecule has 3 nitrogen and oxygen atoms in total. The van der Waals surface area contributed by atoms with Gasteiger partial charge in [-0.2, -0.15) is 0 Å². The number of terminal acetylenes is 2. The first-order valence-corrected chi connectivity index (χ1v) is 19.2. The van der Waals surface area contributed by atoms with Crippen molar-refractivity contribution in [2.45, 2.75) is 133 Å². The van der Waals surface area contributed by atoms with Gasteiger partial charge in [0.25, 0.3) is 0 Å². The number of benzene rings is 2. The van der Waals surface area contributed by atoms with E-state index >= 15 is 0 Å². The highest BCUT2D eigenvalue weighted by Gasteiger charge is 2.36. The van der Waals surface area contributed by atoms with Gasteiger partial charge in [0.2, 0.25) is 0 Å². The maximum absolute atomic E-state index is 6.92. The van der Waals surface area contributed by atoms with E-state index in [-0.39, 0.29) is 0 Å². The van der Waals surface area contributed by atoms with Crippen LogP contribution in [0.25, 0.3) is 0 Å². The molecule has 3 aliphatic rings. The first-order chi connectivity index (χ1) is 23.5. The Morgan fingerprint density at radius 3 is 1.94 bits per heavy atom. The Kier molecular flexibility index (Phi) is 26.6. The summed E-state index contributed by atoms with van der Waals surface area (Å²) < 4.78 is 0. The number of aryl methyl sites for hydroxylation is 1. The molecule has 1 saturated heterocycles. The molecule has 0 amide bonds. The minimum Gasteiger partial charge on any atom is -0.380 e. The van der Waals surface area contributed by atoms with Crippen molar-refractivity contribution in [3.8, 4) is 24.7 Å². The smallest absolute Gasteiger partial charge is 0.0547 e. The van der Waals surface area contributed by atoms with Gasteiger partial charge in [-0.05, 0) is 138 Å². The van der Waals surface area contributed by atoms with Crippen molar-refractivity contribution < 1.29 is 4.89 Å². The van der Waals surface area contributed by atoms with Gasteiger partial charge in [0.05, 0.1) is 6.04 Å². The average Bonchev–Trinajstić information content (AvgIpc) is 3.56. The van der Waals surface area contributed by atoms with Crippen molar-refractivity contribution in [3.05, 3.63) is 94.7 Å². The molecule has 1 heterocycles. The van der Waals surface area contributed by atoms with Gasteiger partial charge in [0.1, 0.15) is 0 Å². The summed E-state index contributed by atoms with van der Waals surface area (Å²) >= 11 is 0. The predicted octanol–water partition coefficient (Wildman–Crippen LogP) is 11.5. The second kappa shape index (κ2) is 27.0. The van der Waals surface area contributed by atoms with Gasteiger partial charge in [-0.3, -0.25) is 0 Å². The number of unbranched alkanes of at least 4 members (excludes halogenated alkanes) is 1. The number of hydrogen-bond acceptors (Lipinski definition) is 3. The van der Waals surface area contributed by atoms with Crippen LogP contribution in [-0.4, -0.2) is 29.9 Å². The zero-order valence-corrected chi connectivity index (χ0v) is 34.6. The summed E-state index contributed by atoms with van der Waals surface area (Å²) in [5.74, 6) is 5.48. The van der Waals surface area contributed by atoms with Crippen molar-refractivity contribution in [2.75, 3.05) is 20.1 Å². The van der Waals surface area contributed by atoms with E-state index in [1.807, 2.05) is 54.7 Å². The maximum atomic E-state index is 6.92. The van der Waals surface area contributed by atoms with Crippen LogP contribution in [0.5, 0.6) is 0 Å². The number of nitrogens with one attached hydrogen (secondary N) is 1. The van der Waals surface area contributed by atoms with Crippen LogP contribution in [0.2, 0.25) is 0 Å². The summed E-state index contributed by atoms with van der Waals surface area (Å²) in [5.41, 5.74) is 9.96. The third kappa shape index (κ3) is 17.1. The van der Waals surface area contributed by atoms with E-state index in [1.54, 1.807) is 0 Å². The monoisotopic (exact) mass is 689 g/mol. The third-order valence-corrected chi connectivity index (χ3v) is 8.68. The number of rotatable bonds is 5. The van der Waals surface area contributed by atoms with Crippen molar-refractivity contribution >= 4 is 9.47 Å². The van der Waals surface area contributed by atoms with Crippen LogP contribution in [0.1, 0.15) is 147 Å². The number of fused-ring (bicyclic) bond motifs is 2. The highest BCUT2D eigenvalue weighted by molar-refractivity contribution is 7.08. The molecule has 2 unspecified atom stereocenters. The Balaban J connectivity index is 0. The fraction of sp³-hybridized carbons (Fsp3) is 0.556. The molecule has 2 aliphatic carbocycles. The van der Waals surface area contributed by atoms with Crippen molar-refractivity contribution in [1.29, 1.82) is 0 Å². The predicted molar refractivity (Wildman–Crippen MR) is 224 cm³/mol. The second-order valence-electron chi connectivity index (χ2n) is 13.5. The van der Waals surface area contributed by atoms with Gasteiger partial charge in [0, 0.05) is 23.4 Å². The van der Waals surface area contributed by atoms with Gasteiger partial charge < -0.3 is 15.1 Å². The molecule has 274 valence electrons. The quantitative estimate of drug-likeness (QED) is 0.142. The van der Waals surface area contributed by atoms with Crippen LogP contribution < -0.4 is 5.32 Å². The lowest BCUT2D eigenvalue weighted by atomic mass is 9.71. The Bertz CT molecular complexity index is 1290. The number of nitrogens with zero attached hydrogens (tertiary/aromatic N) is 1. The lowest BCUT2D eigenvalue weighted by molar-refractivity contribution is 0.175. The molecular weight excluding hydrogens is 615 g/mol. The Morgan fingerprint density at radius 2 is 1.43 bits per heavy atom. The van der Waals surface area contributed by atoms with Crippen LogP contribution in [0, 0.1) is 35.5 Å². The summed E-state index contributed by atoms with van der Waals surface area (Å²) in [7, 11) is 3.38. The number of hydrogen-bond donors (Lipinski definition) is 2. The summed E-state index contributed by atoms with van der Waals surface area (Å²) in [6.45, 7) is 31.5. The topological polar surface area (TPSA) is 35.5 Å². The van der Waals surface area contributed by atoms with E-state index in [4.69, 9.17) is 17.7 Å². The lowest BCUT2D eigenvalue weighted by Crippen LogP contribution is -2.34. The highest BCUT2D eigenvalue weighted by atomic mass is 31.0. The number of allylic oxidation sites excluding steroid dienone is 2. The standard InChI is InChI=1S/C19H23N.C14H16.C6H13N.3C2H6.H3OP/c1-5-15-8-9-16-12-19(3,4)13-18(17(16)11-15)20-10-6-7-14(20)2;1-4-11-5-6-13-10-14(2,3)8-7-12(13)9-11;1-3-4-5-6-7-2;4*1-2/h1,8-9,11,18H,2,6-7,10,12-13H2,3-4H3;1,5-6,9H,7-8,10H2,2-3H3;3,7H,1,4-6H2,2H3;3*1-2H3;1H,2H2. The van der Waals surface area contributed by atoms with Crippen LogP contribution in [-0.2, 0) is 19.3 Å². The molecule has 0 aromatic heterocycles. The fourth-order valence-corrected chi connectivity index (χ4v) is 6.41. The van der Waals surface area contributed by atoms with Crippen molar-refractivity contribution in [2.24, 2.45) is 10.8 Å². The first kappa shape index (κ1) is 48.3. The summed E-state index contributed by atoms with van der Waals surface area (Å²) in [4.78, 5) is 9.43. The van der Waals surface area contributed by atoms with Crippen LogP contribution in [0.3, 0.4) is 0 Å². The van der Waals surface area contributed by atoms with Crippen LogP contribution in [0.4, 0.5) is 0 Å². The Labute approximate surface area is 307 Å². The summed E-state index contributed by atoms with van der Waals surface area (Å²) in [5, 5.41) is 3.05. The zero-order valence-electron chi connectivity index (χ0n) is 33.4. The van der Waals surface area contributed by atoms with Crippen molar-refractivity contribution in [3.63, 3.8) is 0 Å². The molecule has 0 bridgehead atoms.